The highest BCUT2D eigenvalue weighted by Crippen LogP contribution is 2.13. The third kappa shape index (κ3) is 1.98. The van der Waals surface area contributed by atoms with Gasteiger partial charge in [-0.2, -0.15) is 0 Å². The van der Waals surface area contributed by atoms with Crippen molar-refractivity contribution in [2.45, 2.75) is 39.8 Å². The Morgan fingerprint density at radius 2 is 1.95 bits per heavy atom. The highest BCUT2D eigenvalue weighted by molar-refractivity contribution is 5.71. The summed E-state index contributed by atoms with van der Waals surface area (Å²) in [6.07, 6.45) is 0.572. The molecule has 20 heavy (non-hydrogen) atoms. The maximum Gasteiger partial charge on any atom is 0.332 e. The number of fused-ring (bicyclic) bond motifs is 1. The molecule has 0 aromatic carbocycles. The molecule has 0 amide bonds. The Labute approximate surface area is 116 Å². The molecule has 0 radical (unpaired) electrons. The zero-order chi connectivity index (χ0) is 15.0. The molecule has 0 aliphatic carbocycles. The average molecular weight is 279 g/mol. The topological polar surface area (TPSA) is 87.8 Å². The highest BCUT2D eigenvalue weighted by atomic mass is 16.2. The monoisotopic (exact) mass is 279 g/mol. The minimum absolute atomic E-state index is 0.0657. The van der Waals surface area contributed by atoms with Crippen LogP contribution in [-0.2, 0) is 20.0 Å². The molecule has 2 rings (SSSR count). The fraction of sp³-hybridized carbons (Fsp3) is 0.615. The number of aryl methyl sites for hydroxylation is 1. The summed E-state index contributed by atoms with van der Waals surface area (Å²) in [7, 11) is 1.79. The van der Waals surface area contributed by atoms with Gasteiger partial charge in [-0.15, -0.1) is 0 Å². The molecular weight excluding hydrogens is 258 g/mol. The molecule has 0 fully saturated rings. The minimum Gasteiger partial charge on any atom is -0.330 e. The number of nitrogens with zero attached hydrogens (tertiary/aromatic N) is 4. The minimum atomic E-state index is -0.308. The van der Waals surface area contributed by atoms with Gasteiger partial charge in [0.15, 0.2) is 11.2 Å². The molecule has 110 valence electrons. The molecule has 0 saturated carbocycles. The molecule has 0 saturated heterocycles. The lowest BCUT2D eigenvalue weighted by Gasteiger charge is -2.13. The largest absolute Gasteiger partial charge is 0.332 e. The van der Waals surface area contributed by atoms with E-state index < -0.39 is 0 Å². The summed E-state index contributed by atoms with van der Waals surface area (Å²) in [5.41, 5.74) is 5.88. The van der Waals surface area contributed by atoms with Crippen LogP contribution < -0.4 is 17.0 Å². The zero-order valence-electron chi connectivity index (χ0n) is 12.4. The molecule has 2 heterocycles. The molecule has 7 heteroatoms. The van der Waals surface area contributed by atoms with Gasteiger partial charge in [-0.05, 0) is 27.3 Å². The molecule has 0 bridgehead atoms. The van der Waals surface area contributed by atoms with Crippen molar-refractivity contribution in [1.82, 2.24) is 18.7 Å². The lowest BCUT2D eigenvalue weighted by molar-refractivity contribution is 0.533. The van der Waals surface area contributed by atoms with Gasteiger partial charge < -0.3 is 10.3 Å². The summed E-state index contributed by atoms with van der Waals surface area (Å²) in [6.45, 7) is 6.39. The Morgan fingerprint density at radius 3 is 2.45 bits per heavy atom. The molecule has 0 aliphatic heterocycles. The first-order valence-electron chi connectivity index (χ1n) is 6.84. The SMILES string of the molecule is CCn1c(=O)c2c(nc(CCN)n2C)n(C(C)C)c1=O. The number of rotatable bonds is 4. The van der Waals surface area contributed by atoms with Crippen LogP contribution in [-0.4, -0.2) is 25.2 Å². The number of aromatic nitrogens is 4. The van der Waals surface area contributed by atoms with Crippen molar-refractivity contribution in [2.24, 2.45) is 12.8 Å². The van der Waals surface area contributed by atoms with Crippen molar-refractivity contribution in [3.63, 3.8) is 0 Å². The first-order valence-corrected chi connectivity index (χ1v) is 6.84. The van der Waals surface area contributed by atoms with E-state index >= 15 is 0 Å². The summed E-state index contributed by atoms with van der Waals surface area (Å²) in [5, 5.41) is 0. The number of hydrogen-bond acceptors (Lipinski definition) is 4. The van der Waals surface area contributed by atoms with Crippen LogP contribution in [0.2, 0.25) is 0 Å². The van der Waals surface area contributed by atoms with E-state index in [1.54, 1.807) is 23.1 Å². The Hall–Kier alpha value is -1.89. The van der Waals surface area contributed by atoms with Crippen molar-refractivity contribution in [1.29, 1.82) is 0 Å². The Balaban J connectivity index is 3.00. The van der Waals surface area contributed by atoms with Crippen LogP contribution in [0.25, 0.3) is 11.2 Å². The molecule has 0 spiro atoms. The average Bonchev–Trinajstić information content (AvgIpc) is 2.67. The van der Waals surface area contributed by atoms with E-state index in [2.05, 4.69) is 4.98 Å². The van der Waals surface area contributed by atoms with E-state index in [4.69, 9.17) is 5.73 Å². The fourth-order valence-corrected chi connectivity index (χ4v) is 2.47. The van der Waals surface area contributed by atoms with Crippen LogP contribution in [0, 0.1) is 0 Å². The van der Waals surface area contributed by atoms with E-state index in [9.17, 15) is 9.59 Å². The van der Waals surface area contributed by atoms with Gasteiger partial charge in [0.05, 0.1) is 0 Å². The Bertz CT molecular complexity index is 751. The number of imidazole rings is 1. The van der Waals surface area contributed by atoms with Gasteiger partial charge in [-0.3, -0.25) is 13.9 Å². The van der Waals surface area contributed by atoms with Crippen LogP contribution in [0.15, 0.2) is 9.59 Å². The van der Waals surface area contributed by atoms with Crippen LogP contribution in [0.3, 0.4) is 0 Å². The van der Waals surface area contributed by atoms with Crippen LogP contribution >= 0.6 is 0 Å². The normalized spacial score (nSPS) is 11.7. The standard InChI is InChI=1S/C13H21N5O2/c1-5-17-12(19)10-11(18(8(2)3)13(17)20)15-9(6-7-14)16(10)4/h8H,5-7,14H2,1-4H3. The second-order valence-electron chi connectivity index (χ2n) is 5.09. The Morgan fingerprint density at radius 1 is 1.30 bits per heavy atom. The predicted molar refractivity (Wildman–Crippen MR) is 78.1 cm³/mol. The second-order valence-corrected chi connectivity index (χ2v) is 5.09. The summed E-state index contributed by atoms with van der Waals surface area (Å²) in [6, 6.07) is -0.0657. The number of nitrogens with two attached hydrogens (primary N) is 1. The molecule has 0 aliphatic rings. The summed E-state index contributed by atoms with van der Waals surface area (Å²) in [4.78, 5) is 29.3. The molecular formula is C13H21N5O2. The predicted octanol–water partition coefficient (Wildman–Crippen LogP) is -0.00130. The van der Waals surface area contributed by atoms with Crippen LogP contribution in [0.1, 0.15) is 32.6 Å². The van der Waals surface area contributed by atoms with Gasteiger partial charge in [0.2, 0.25) is 0 Å². The first kappa shape index (κ1) is 14.5. The smallest absolute Gasteiger partial charge is 0.330 e. The third-order valence-corrected chi connectivity index (χ3v) is 3.48. The van der Waals surface area contributed by atoms with Crippen LogP contribution in [0.5, 0.6) is 0 Å². The highest BCUT2D eigenvalue weighted by Gasteiger charge is 2.20. The summed E-state index contributed by atoms with van der Waals surface area (Å²) < 4.78 is 4.56. The van der Waals surface area contributed by atoms with Gasteiger partial charge in [0.25, 0.3) is 5.56 Å². The van der Waals surface area contributed by atoms with E-state index in [1.165, 1.54) is 4.57 Å². The first-order chi connectivity index (χ1) is 9.43. The molecule has 2 aromatic heterocycles. The lowest BCUT2D eigenvalue weighted by atomic mass is 10.3. The van der Waals surface area contributed by atoms with Crippen molar-refractivity contribution in [3.05, 3.63) is 26.7 Å². The lowest BCUT2D eigenvalue weighted by Crippen LogP contribution is -2.40. The van der Waals surface area contributed by atoms with Gasteiger partial charge >= 0.3 is 5.69 Å². The number of hydrogen-bond donors (Lipinski definition) is 1. The van der Waals surface area contributed by atoms with Crippen molar-refractivity contribution >= 4 is 11.2 Å². The third-order valence-electron chi connectivity index (χ3n) is 3.48. The zero-order valence-corrected chi connectivity index (χ0v) is 12.4. The maximum atomic E-state index is 12.5. The van der Waals surface area contributed by atoms with E-state index in [0.29, 0.717) is 30.7 Å². The van der Waals surface area contributed by atoms with Crippen molar-refractivity contribution in [2.75, 3.05) is 6.54 Å². The van der Waals surface area contributed by atoms with Gasteiger partial charge in [-0.1, -0.05) is 0 Å². The van der Waals surface area contributed by atoms with Crippen molar-refractivity contribution < 1.29 is 0 Å². The summed E-state index contributed by atoms with van der Waals surface area (Å²) >= 11 is 0. The van der Waals surface area contributed by atoms with Crippen molar-refractivity contribution in [3.8, 4) is 0 Å². The van der Waals surface area contributed by atoms with Crippen LogP contribution in [0.4, 0.5) is 0 Å². The van der Waals surface area contributed by atoms with Gasteiger partial charge in [-0.25, -0.2) is 9.78 Å². The second kappa shape index (κ2) is 5.24. The van der Waals surface area contributed by atoms with Gasteiger partial charge in [0, 0.05) is 26.1 Å². The molecule has 0 atom stereocenters. The van der Waals surface area contributed by atoms with E-state index in [0.717, 1.165) is 5.82 Å². The Kier molecular flexibility index (Phi) is 3.80. The maximum absolute atomic E-state index is 12.5. The van der Waals surface area contributed by atoms with E-state index in [-0.39, 0.29) is 17.3 Å². The molecule has 7 nitrogen and oxygen atoms in total. The summed E-state index contributed by atoms with van der Waals surface area (Å²) in [5.74, 6) is 0.724. The molecule has 0 unspecified atom stereocenters. The van der Waals surface area contributed by atoms with Gasteiger partial charge in [0.1, 0.15) is 5.82 Å². The molecule has 2 aromatic rings. The quantitative estimate of drug-likeness (QED) is 0.853. The fourth-order valence-electron chi connectivity index (χ4n) is 2.47. The molecule has 2 N–H and O–H groups in total. The van der Waals surface area contributed by atoms with E-state index in [1.807, 2.05) is 13.8 Å².